The van der Waals surface area contributed by atoms with Gasteiger partial charge in [-0.25, -0.2) is 0 Å². The van der Waals surface area contributed by atoms with Gasteiger partial charge < -0.3 is 11.1 Å². The molecule has 0 radical (unpaired) electrons. The minimum Gasteiger partial charge on any atom is -0.365 e. The lowest BCUT2D eigenvalue weighted by molar-refractivity contribution is 0.0999. The van der Waals surface area contributed by atoms with Gasteiger partial charge in [-0.05, 0) is 23.6 Å². The van der Waals surface area contributed by atoms with Gasteiger partial charge in [-0.15, -0.1) is 11.3 Å². The number of nitrogens with one attached hydrogen (secondary N) is 1. The van der Waals surface area contributed by atoms with Gasteiger partial charge in [0.05, 0.1) is 5.56 Å². The fourth-order valence-corrected chi connectivity index (χ4v) is 4.78. The van der Waals surface area contributed by atoms with Crippen LogP contribution in [0.5, 0.6) is 0 Å². The summed E-state index contributed by atoms with van der Waals surface area (Å²) in [6.07, 6.45) is 2.43. The first-order chi connectivity index (χ1) is 13.5. The van der Waals surface area contributed by atoms with Crippen LogP contribution in [0.4, 0.5) is 5.00 Å². The molecule has 0 spiro atoms. The monoisotopic (exact) mass is 395 g/mol. The van der Waals surface area contributed by atoms with Crippen LogP contribution in [0.25, 0.3) is 0 Å². The number of aryl methyl sites for hydroxylation is 1. The van der Waals surface area contributed by atoms with Crippen molar-refractivity contribution < 1.29 is 9.59 Å². The highest BCUT2D eigenvalue weighted by molar-refractivity contribution is 7.17. The number of nitrogens with two attached hydrogens (primary N) is 1. The average molecular weight is 395 g/mol. The number of rotatable bonds is 5. The van der Waals surface area contributed by atoms with E-state index in [0.717, 1.165) is 36.5 Å². The van der Waals surface area contributed by atoms with E-state index in [1.807, 2.05) is 18.2 Å². The molecule has 7 nitrogen and oxygen atoms in total. The molecule has 1 aromatic carbocycles. The highest BCUT2D eigenvalue weighted by atomic mass is 32.1. The zero-order valence-corrected chi connectivity index (χ0v) is 16.3. The first-order valence-corrected chi connectivity index (χ1v) is 9.84. The number of carbonyl (C=O) groups excluding carboxylic acids is 2. The van der Waals surface area contributed by atoms with E-state index in [-0.39, 0.29) is 5.91 Å². The van der Waals surface area contributed by atoms with Crippen molar-refractivity contribution in [1.82, 2.24) is 14.7 Å². The number of amides is 2. The lowest BCUT2D eigenvalue weighted by atomic mass is 10.0. The molecule has 0 unspecified atom stereocenters. The van der Waals surface area contributed by atoms with Crippen LogP contribution in [-0.4, -0.2) is 33.0 Å². The van der Waals surface area contributed by atoms with Crippen molar-refractivity contribution in [2.45, 2.75) is 19.5 Å². The largest absolute Gasteiger partial charge is 0.365 e. The third kappa shape index (κ3) is 3.69. The van der Waals surface area contributed by atoms with Gasteiger partial charge in [-0.2, -0.15) is 5.10 Å². The molecule has 3 heterocycles. The Morgan fingerprint density at radius 1 is 1.25 bits per heavy atom. The van der Waals surface area contributed by atoms with Crippen molar-refractivity contribution >= 4 is 28.2 Å². The van der Waals surface area contributed by atoms with Gasteiger partial charge in [0.1, 0.15) is 5.00 Å². The second-order valence-corrected chi connectivity index (χ2v) is 7.95. The zero-order valence-electron chi connectivity index (χ0n) is 15.5. The summed E-state index contributed by atoms with van der Waals surface area (Å²) in [5, 5.41) is 7.44. The number of benzene rings is 1. The number of nitrogens with zero attached hydrogens (tertiary/aromatic N) is 3. The third-order valence-corrected chi connectivity index (χ3v) is 5.94. The standard InChI is InChI=1S/C20H21N5O2S/c1-24-9-8-15(23-24)19(27)22-20-17(18(21)26)14-7-10-25(12-16(14)28-20)11-13-5-3-2-4-6-13/h2-6,8-9H,7,10-12H2,1H3,(H2,21,26)(H,22,27). The van der Waals surface area contributed by atoms with Crippen LogP contribution in [0.2, 0.25) is 0 Å². The number of aromatic nitrogens is 2. The molecule has 0 atom stereocenters. The molecule has 0 aliphatic carbocycles. The Hall–Kier alpha value is -2.97. The van der Waals surface area contributed by atoms with Crippen molar-refractivity contribution in [1.29, 1.82) is 0 Å². The average Bonchev–Trinajstić information content (AvgIpc) is 3.25. The van der Waals surface area contributed by atoms with E-state index in [1.165, 1.54) is 16.9 Å². The van der Waals surface area contributed by atoms with E-state index in [1.54, 1.807) is 24.0 Å². The van der Waals surface area contributed by atoms with Gasteiger partial charge in [-0.3, -0.25) is 19.2 Å². The predicted octanol–water partition coefficient (Wildman–Crippen LogP) is 2.39. The second kappa shape index (κ2) is 7.57. The molecule has 1 aliphatic rings. The summed E-state index contributed by atoms with van der Waals surface area (Å²) in [6.45, 7) is 2.42. The van der Waals surface area contributed by atoms with Crippen LogP contribution >= 0.6 is 11.3 Å². The molecule has 0 saturated heterocycles. The van der Waals surface area contributed by atoms with Gasteiger partial charge in [-0.1, -0.05) is 30.3 Å². The molecule has 0 saturated carbocycles. The Bertz CT molecular complexity index is 1020. The minimum atomic E-state index is -0.509. The molecule has 2 amide bonds. The summed E-state index contributed by atoms with van der Waals surface area (Å²) in [7, 11) is 1.75. The van der Waals surface area contributed by atoms with Crippen molar-refractivity contribution in [3.8, 4) is 0 Å². The van der Waals surface area contributed by atoms with E-state index >= 15 is 0 Å². The number of hydrogen-bond acceptors (Lipinski definition) is 5. The summed E-state index contributed by atoms with van der Waals surface area (Å²) in [6, 6.07) is 11.9. The van der Waals surface area contributed by atoms with E-state index < -0.39 is 5.91 Å². The Kier molecular flexibility index (Phi) is 4.97. The summed E-state index contributed by atoms with van der Waals surface area (Å²) >= 11 is 1.43. The molecule has 2 aromatic heterocycles. The smallest absolute Gasteiger partial charge is 0.276 e. The molecular weight excluding hydrogens is 374 g/mol. The van der Waals surface area contributed by atoms with Gasteiger partial charge in [0, 0.05) is 37.8 Å². The maximum Gasteiger partial charge on any atom is 0.276 e. The van der Waals surface area contributed by atoms with Crippen molar-refractivity contribution in [3.63, 3.8) is 0 Å². The van der Waals surface area contributed by atoms with Gasteiger partial charge >= 0.3 is 0 Å². The first-order valence-electron chi connectivity index (χ1n) is 9.03. The Morgan fingerprint density at radius 3 is 2.71 bits per heavy atom. The Morgan fingerprint density at radius 2 is 2.04 bits per heavy atom. The number of anilines is 1. The molecule has 3 aromatic rings. The van der Waals surface area contributed by atoms with Crippen LogP contribution in [0.3, 0.4) is 0 Å². The number of fused-ring (bicyclic) bond motifs is 1. The molecule has 4 rings (SSSR count). The Balaban J connectivity index is 1.56. The van der Waals surface area contributed by atoms with E-state index in [0.29, 0.717) is 16.3 Å². The van der Waals surface area contributed by atoms with Crippen LogP contribution < -0.4 is 11.1 Å². The normalized spacial score (nSPS) is 13.9. The zero-order chi connectivity index (χ0) is 19.7. The maximum atomic E-state index is 12.5. The number of thiophene rings is 1. The molecule has 0 bridgehead atoms. The summed E-state index contributed by atoms with van der Waals surface area (Å²) in [4.78, 5) is 28.0. The van der Waals surface area contributed by atoms with E-state index in [4.69, 9.17) is 5.73 Å². The Labute approximate surface area is 166 Å². The number of carbonyl (C=O) groups is 2. The van der Waals surface area contributed by atoms with Crippen LogP contribution in [-0.2, 0) is 26.6 Å². The van der Waals surface area contributed by atoms with Gasteiger partial charge in [0.25, 0.3) is 11.8 Å². The van der Waals surface area contributed by atoms with Crippen molar-refractivity contribution in [3.05, 3.63) is 69.9 Å². The molecule has 8 heteroatoms. The maximum absolute atomic E-state index is 12.5. The first kappa shape index (κ1) is 18.4. The number of primary amides is 1. The second-order valence-electron chi connectivity index (χ2n) is 6.85. The van der Waals surface area contributed by atoms with Crippen molar-refractivity contribution in [2.24, 2.45) is 12.8 Å². The lowest BCUT2D eigenvalue weighted by Gasteiger charge is -2.27. The summed E-state index contributed by atoms with van der Waals surface area (Å²) in [5.41, 5.74) is 8.59. The van der Waals surface area contributed by atoms with Gasteiger partial charge in [0.2, 0.25) is 0 Å². The van der Waals surface area contributed by atoms with Gasteiger partial charge in [0.15, 0.2) is 5.69 Å². The van der Waals surface area contributed by atoms with Crippen LogP contribution in [0, 0.1) is 0 Å². The third-order valence-electron chi connectivity index (χ3n) is 4.80. The van der Waals surface area contributed by atoms with Crippen LogP contribution in [0.1, 0.15) is 36.9 Å². The fourth-order valence-electron chi connectivity index (χ4n) is 3.49. The highest BCUT2D eigenvalue weighted by Gasteiger charge is 2.28. The topological polar surface area (TPSA) is 93.2 Å². The van der Waals surface area contributed by atoms with Crippen LogP contribution in [0.15, 0.2) is 42.6 Å². The minimum absolute atomic E-state index is 0.301. The molecule has 3 N–H and O–H groups in total. The highest BCUT2D eigenvalue weighted by Crippen LogP contribution is 2.37. The molecule has 1 aliphatic heterocycles. The molecule has 28 heavy (non-hydrogen) atoms. The van der Waals surface area contributed by atoms with E-state index in [9.17, 15) is 9.59 Å². The van der Waals surface area contributed by atoms with E-state index in [2.05, 4.69) is 27.4 Å². The molecule has 144 valence electrons. The SMILES string of the molecule is Cn1ccc(C(=O)Nc2sc3c(c2C(N)=O)CCN(Cc2ccccc2)C3)n1. The lowest BCUT2D eigenvalue weighted by Crippen LogP contribution is -2.30. The quantitative estimate of drug-likeness (QED) is 0.694. The number of hydrogen-bond donors (Lipinski definition) is 2. The molecule has 0 fully saturated rings. The fraction of sp³-hybridized carbons (Fsp3) is 0.250. The predicted molar refractivity (Wildman–Crippen MR) is 108 cm³/mol. The molecular formula is C20H21N5O2S. The summed E-state index contributed by atoms with van der Waals surface area (Å²) in [5.74, 6) is -0.854. The summed E-state index contributed by atoms with van der Waals surface area (Å²) < 4.78 is 1.56. The van der Waals surface area contributed by atoms with Crippen molar-refractivity contribution in [2.75, 3.05) is 11.9 Å².